The molecule has 4 aliphatic rings. The first-order valence-electron chi connectivity index (χ1n) is 6.28. The molecule has 112 valence electrons. The maximum atomic E-state index is 9.96. The Labute approximate surface area is 122 Å². The van der Waals surface area contributed by atoms with Gasteiger partial charge in [-0.2, -0.15) is 0 Å². The Hall–Kier alpha value is -3.16. The first-order chi connectivity index (χ1) is 10.4. The van der Waals surface area contributed by atoms with Crippen molar-refractivity contribution in [3.8, 4) is 0 Å². The Morgan fingerprint density at radius 3 is 1.45 bits per heavy atom. The van der Waals surface area contributed by atoms with Crippen molar-refractivity contribution in [3.05, 3.63) is 57.5 Å². The van der Waals surface area contributed by atoms with Gasteiger partial charge in [-0.15, -0.1) is 0 Å². The van der Waals surface area contributed by atoms with Crippen molar-refractivity contribution >= 4 is 11.9 Å². The molecule has 0 aromatic heterocycles. The topological polar surface area (TPSA) is 142 Å². The molecule has 0 bridgehead atoms. The molecule has 0 spiro atoms. The van der Waals surface area contributed by atoms with E-state index in [0.717, 1.165) is 12.2 Å². The monoisotopic (exact) mass is 306 g/mol. The van der Waals surface area contributed by atoms with Crippen LogP contribution in [0.15, 0.2) is 57.5 Å². The average Bonchev–Trinajstić information content (AvgIpc) is 2.47. The van der Waals surface area contributed by atoms with Gasteiger partial charge in [-0.3, -0.25) is 0 Å². The van der Waals surface area contributed by atoms with E-state index in [-0.39, 0.29) is 22.3 Å². The number of hydrogen-bond donors (Lipinski definition) is 4. The second-order valence-corrected chi connectivity index (χ2v) is 5.09. The molecule has 0 saturated carbocycles. The van der Waals surface area contributed by atoms with Gasteiger partial charge in [0.15, 0.2) is 11.5 Å². The Bertz CT molecular complexity index is 752. The number of aliphatic hydroxyl groups excluding tert-OH is 4. The fourth-order valence-corrected chi connectivity index (χ4v) is 2.91. The van der Waals surface area contributed by atoms with Crippen LogP contribution in [-0.2, 0) is 9.47 Å². The number of ether oxygens (including phenoxy) is 2. The molecule has 8 nitrogen and oxygen atoms in total. The summed E-state index contributed by atoms with van der Waals surface area (Å²) in [5.74, 6) is -3.42. The van der Waals surface area contributed by atoms with E-state index in [1.807, 2.05) is 0 Å². The largest absolute Gasteiger partial charge is 0.519 e. The van der Waals surface area contributed by atoms with Crippen LogP contribution in [0.4, 0.5) is 0 Å². The molecule has 4 rings (SSSR count). The molecule has 0 radical (unpaired) electrons. The fourth-order valence-electron chi connectivity index (χ4n) is 2.91. The summed E-state index contributed by atoms with van der Waals surface area (Å²) < 4.78 is 10.3. The number of rotatable bonds is 0. The van der Waals surface area contributed by atoms with Crippen molar-refractivity contribution in [2.75, 3.05) is 0 Å². The van der Waals surface area contributed by atoms with Crippen LogP contribution in [0.25, 0.3) is 0 Å². The summed E-state index contributed by atoms with van der Waals surface area (Å²) in [7, 11) is 0. The predicted molar refractivity (Wildman–Crippen MR) is 71.4 cm³/mol. The van der Waals surface area contributed by atoms with Crippen LogP contribution in [0.1, 0.15) is 0 Å². The van der Waals surface area contributed by atoms with Gasteiger partial charge in [-0.05, 0) is 0 Å². The van der Waals surface area contributed by atoms with Gasteiger partial charge in [0.1, 0.15) is 11.1 Å². The van der Waals surface area contributed by atoms with Crippen LogP contribution in [-0.4, -0.2) is 54.2 Å². The molecule has 0 aromatic rings. The summed E-state index contributed by atoms with van der Waals surface area (Å²) >= 11 is 0. The molecular weight excluding hydrogens is 296 g/mol. The van der Waals surface area contributed by atoms with Crippen LogP contribution in [0.2, 0.25) is 0 Å². The maximum Gasteiger partial charge on any atom is 0.519 e. The van der Waals surface area contributed by atoms with E-state index in [1.54, 1.807) is 0 Å². The summed E-state index contributed by atoms with van der Waals surface area (Å²) in [6, 6.07) is 0. The van der Waals surface area contributed by atoms with Crippen molar-refractivity contribution in [1.82, 2.24) is 0 Å². The number of esters is 2. The molecule has 0 amide bonds. The van der Waals surface area contributed by atoms with Gasteiger partial charge in [0.05, 0.1) is 11.1 Å². The molecule has 0 saturated heterocycles. The highest BCUT2D eigenvalue weighted by molar-refractivity contribution is 6.05. The highest BCUT2D eigenvalue weighted by atomic mass is 16.6. The van der Waals surface area contributed by atoms with E-state index >= 15 is 0 Å². The molecule has 2 heterocycles. The van der Waals surface area contributed by atoms with E-state index < -0.39 is 47.2 Å². The normalized spacial score (nSPS) is 29.6. The second kappa shape index (κ2) is 3.73. The molecular formula is C14H10O8+2. The molecule has 2 aliphatic carbocycles. The van der Waals surface area contributed by atoms with E-state index in [1.165, 1.54) is 0 Å². The van der Waals surface area contributed by atoms with Gasteiger partial charge in [0.25, 0.3) is 12.2 Å². The highest BCUT2D eigenvalue weighted by Crippen LogP contribution is 2.46. The minimum atomic E-state index is -1.26. The zero-order valence-corrected chi connectivity index (χ0v) is 10.8. The van der Waals surface area contributed by atoms with Crippen LogP contribution in [0.3, 0.4) is 0 Å². The van der Waals surface area contributed by atoms with Crippen molar-refractivity contribution < 1.29 is 39.5 Å². The minimum Gasteiger partial charge on any atom is -0.504 e. The second-order valence-electron chi connectivity index (χ2n) is 5.09. The maximum absolute atomic E-state index is 9.96. The molecule has 2 unspecified atom stereocenters. The standard InChI is InChI=1S/C14H8O8/c15-5-1-3-7-8-4(14(20)22-11(7)9(5)17)2-6(16)10(18)12(8)21-13(3)19/h1-2,11-12,15-18H/p+2. The zero-order valence-electron chi connectivity index (χ0n) is 10.8. The Morgan fingerprint density at radius 2 is 1.09 bits per heavy atom. The van der Waals surface area contributed by atoms with E-state index in [2.05, 4.69) is 0 Å². The van der Waals surface area contributed by atoms with Crippen LogP contribution in [0, 0.1) is 0 Å². The van der Waals surface area contributed by atoms with Gasteiger partial charge in [-0.25, -0.2) is 0 Å². The van der Waals surface area contributed by atoms with Gasteiger partial charge in [0, 0.05) is 12.2 Å². The minimum absolute atomic E-state index is 0.0548. The Morgan fingerprint density at radius 1 is 0.727 bits per heavy atom. The lowest BCUT2D eigenvalue weighted by atomic mass is 9.78. The Kier molecular flexibility index (Phi) is 2.13. The molecule has 2 aliphatic heterocycles. The van der Waals surface area contributed by atoms with Crippen LogP contribution < -0.4 is 0 Å². The van der Waals surface area contributed by atoms with Crippen molar-refractivity contribution in [3.63, 3.8) is 0 Å². The quantitative estimate of drug-likeness (QED) is 0.382. The lowest BCUT2D eigenvalue weighted by Crippen LogP contribution is -2.44. The zero-order chi connectivity index (χ0) is 15.8. The third kappa shape index (κ3) is 1.31. The summed E-state index contributed by atoms with van der Waals surface area (Å²) in [4.78, 5) is 19.9. The molecule has 0 fully saturated rings. The summed E-state index contributed by atoms with van der Waals surface area (Å²) in [5.41, 5.74) is 0.567. The molecule has 6 N–H and O–H groups in total. The van der Waals surface area contributed by atoms with Crippen LogP contribution >= 0.6 is 0 Å². The fraction of sp³-hybridized carbons (Fsp3) is 0.143. The van der Waals surface area contributed by atoms with Gasteiger partial charge >= 0.3 is 11.9 Å². The van der Waals surface area contributed by atoms with E-state index in [4.69, 9.17) is 9.47 Å². The van der Waals surface area contributed by atoms with Gasteiger partial charge in [0.2, 0.25) is 11.5 Å². The van der Waals surface area contributed by atoms with Gasteiger partial charge < -0.3 is 39.5 Å². The number of allylic oxidation sites excluding steroid dienone is 2. The van der Waals surface area contributed by atoms with E-state index in [0.29, 0.717) is 0 Å². The highest BCUT2D eigenvalue weighted by Gasteiger charge is 2.58. The third-order valence-corrected chi connectivity index (χ3v) is 3.90. The lowest BCUT2D eigenvalue weighted by Gasteiger charge is -2.32. The van der Waals surface area contributed by atoms with Gasteiger partial charge in [-0.1, -0.05) is 0 Å². The lowest BCUT2D eigenvalue weighted by molar-refractivity contribution is 0.128. The average molecular weight is 306 g/mol. The first-order valence-corrected chi connectivity index (χ1v) is 6.28. The summed E-state index contributed by atoms with van der Waals surface area (Å²) in [5, 5.41) is 39.3. The summed E-state index contributed by atoms with van der Waals surface area (Å²) in [6.07, 6.45) is -0.348. The third-order valence-electron chi connectivity index (χ3n) is 3.90. The number of aliphatic hydroxyl groups is 4. The Balaban J connectivity index is 2.08. The number of hydrogen-bond acceptors (Lipinski definition) is 6. The molecule has 8 heteroatoms. The van der Waals surface area contributed by atoms with Crippen LogP contribution in [0.5, 0.6) is 0 Å². The SMILES string of the molecule is OC1=C(O)C2OC(=[OH+])C3=CC(O)=C(O)C4OC(=[OH+])C(=C1)C2=C34. The first kappa shape index (κ1) is 12.6. The number of carbonyl (C=O) groups excluding carboxylic acids is 2. The predicted octanol–water partition coefficient (Wildman–Crippen LogP) is 0.621. The van der Waals surface area contributed by atoms with Crippen molar-refractivity contribution in [2.45, 2.75) is 12.2 Å². The molecule has 22 heavy (non-hydrogen) atoms. The van der Waals surface area contributed by atoms with E-state index in [9.17, 15) is 30.0 Å². The van der Waals surface area contributed by atoms with Crippen molar-refractivity contribution in [1.29, 1.82) is 0 Å². The summed E-state index contributed by atoms with van der Waals surface area (Å²) in [6.45, 7) is 0. The smallest absolute Gasteiger partial charge is 0.504 e. The van der Waals surface area contributed by atoms with Crippen molar-refractivity contribution in [2.24, 2.45) is 0 Å². The molecule has 0 aromatic carbocycles. The molecule has 2 atom stereocenters.